The predicted molar refractivity (Wildman–Crippen MR) is 191 cm³/mol. The molecule has 1 atom stereocenters. The van der Waals surface area contributed by atoms with Crippen molar-refractivity contribution in [3.05, 3.63) is 138 Å². The Morgan fingerprint density at radius 2 is 1.32 bits per heavy atom. The van der Waals surface area contributed by atoms with E-state index in [4.69, 9.17) is 4.74 Å². The lowest BCUT2D eigenvalue weighted by atomic mass is 9.67. The van der Waals surface area contributed by atoms with Crippen molar-refractivity contribution in [1.29, 1.82) is 0 Å². The van der Waals surface area contributed by atoms with E-state index in [9.17, 15) is 28.7 Å². The summed E-state index contributed by atoms with van der Waals surface area (Å²) in [5.74, 6) is -1.61. The van der Waals surface area contributed by atoms with Gasteiger partial charge in [0.05, 0.1) is 10.6 Å². The second-order valence-corrected chi connectivity index (χ2v) is 15.4. The van der Waals surface area contributed by atoms with Gasteiger partial charge >= 0.3 is 13.6 Å². The number of esters is 1. The highest BCUT2D eigenvalue weighted by molar-refractivity contribution is 7.53. The first-order valence-electron chi connectivity index (χ1n) is 17.2. The number of nitrogens with one attached hydrogen (secondary N) is 1. The van der Waals surface area contributed by atoms with E-state index in [1.54, 1.807) is 12.1 Å². The molecule has 4 aromatic rings. The fourth-order valence-corrected chi connectivity index (χ4v) is 9.52. The number of carbonyl (C=O) groups excluding carboxylic acids is 3. The molecule has 9 nitrogen and oxygen atoms in total. The number of fused-ring (bicyclic) bond motifs is 1. The Kier molecular flexibility index (Phi) is 10.7. The molecule has 1 aliphatic carbocycles. The molecule has 260 valence electrons. The van der Waals surface area contributed by atoms with Crippen LogP contribution < -0.4 is 10.2 Å². The Labute approximate surface area is 292 Å². The standard InChI is InChI=1S/C40H43N2O7P/c43-36(49-29-32-18-8-3-9-19-32)28-42-35-21-11-10-20-33(35)22-23-34(37(42)44)41-38(45)39(24-12-13-25-39)40(50(46,47)48,26-30-14-4-1-5-15-30)27-31-16-6-2-7-17-31/h1-11,14-21,34H,12-13,22-29H2,(H,41,45)(H2,46,47,48)/t34-/m0/s1. The second-order valence-electron chi connectivity index (χ2n) is 13.5. The van der Waals surface area contributed by atoms with Crippen LogP contribution in [0, 0.1) is 5.41 Å². The van der Waals surface area contributed by atoms with Crippen LogP contribution in [0.15, 0.2) is 115 Å². The summed E-state index contributed by atoms with van der Waals surface area (Å²) in [4.78, 5) is 66.6. The number of benzene rings is 4. The minimum Gasteiger partial charge on any atom is -0.459 e. The number of ether oxygens (including phenoxy) is 1. The van der Waals surface area contributed by atoms with Crippen molar-refractivity contribution < 1.29 is 33.5 Å². The van der Waals surface area contributed by atoms with Gasteiger partial charge in [-0.2, -0.15) is 0 Å². The molecule has 0 bridgehead atoms. The molecule has 10 heteroatoms. The highest BCUT2D eigenvalue weighted by atomic mass is 31.2. The molecule has 1 aliphatic heterocycles. The van der Waals surface area contributed by atoms with Crippen LogP contribution in [0.1, 0.15) is 54.4 Å². The molecular formula is C40H43N2O7P. The minimum atomic E-state index is -5.01. The van der Waals surface area contributed by atoms with E-state index < -0.39 is 42.0 Å². The van der Waals surface area contributed by atoms with Gasteiger partial charge in [0.15, 0.2) is 0 Å². The molecule has 0 spiro atoms. The predicted octanol–water partition coefficient (Wildman–Crippen LogP) is 6.16. The molecule has 2 amide bonds. The van der Waals surface area contributed by atoms with Crippen molar-refractivity contribution in [2.45, 2.75) is 69.2 Å². The highest BCUT2D eigenvalue weighted by Crippen LogP contribution is 2.67. The SMILES string of the molecule is O=C(CN1C(=O)[C@@H](NC(=O)C2(C(Cc3ccccc3)(Cc3ccccc3)P(=O)(O)O)CCCC2)CCc2ccccc21)OCc1ccccc1. The van der Waals surface area contributed by atoms with E-state index >= 15 is 0 Å². The molecule has 2 aliphatic rings. The van der Waals surface area contributed by atoms with Crippen LogP contribution >= 0.6 is 7.60 Å². The Balaban J connectivity index is 1.33. The molecule has 1 saturated carbocycles. The molecule has 0 saturated heterocycles. The fraction of sp³-hybridized carbons (Fsp3) is 0.325. The van der Waals surface area contributed by atoms with Gasteiger partial charge < -0.3 is 19.8 Å². The zero-order valence-corrected chi connectivity index (χ0v) is 28.8. The first kappa shape index (κ1) is 35.3. The van der Waals surface area contributed by atoms with Gasteiger partial charge in [0, 0.05) is 5.69 Å². The molecule has 0 radical (unpaired) electrons. The number of amides is 2. The van der Waals surface area contributed by atoms with E-state index in [-0.39, 0.29) is 45.3 Å². The van der Waals surface area contributed by atoms with E-state index in [1.165, 1.54) is 4.90 Å². The first-order chi connectivity index (χ1) is 24.1. The van der Waals surface area contributed by atoms with Gasteiger partial charge in [0.1, 0.15) is 19.2 Å². The van der Waals surface area contributed by atoms with Gasteiger partial charge in [-0.3, -0.25) is 23.8 Å². The normalized spacial score (nSPS) is 17.4. The highest BCUT2D eigenvalue weighted by Gasteiger charge is 2.65. The van der Waals surface area contributed by atoms with Crippen molar-refractivity contribution in [2.75, 3.05) is 11.4 Å². The van der Waals surface area contributed by atoms with Crippen molar-refractivity contribution in [3.8, 4) is 0 Å². The van der Waals surface area contributed by atoms with Crippen LogP contribution in [0.5, 0.6) is 0 Å². The van der Waals surface area contributed by atoms with Crippen LogP contribution in [0.2, 0.25) is 0 Å². The van der Waals surface area contributed by atoms with Gasteiger partial charge in [-0.15, -0.1) is 0 Å². The largest absolute Gasteiger partial charge is 0.459 e. The lowest BCUT2D eigenvalue weighted by Gasteiger charge is -2.48. The number of nitrogens with zero attached hydrogens (tertiary/aromatic N) is 1. The number of aryl methyl sites for hydroxylation is 1. The number of hydrogen-bond acceptors (Lipinski definition) is 5. The Hall–Kier alpha value is -4.56. The monoisotopic (exact) mass is 694 g/mol. The van der Waals surface area contributed by atoms with E-state index in [1.807, 2.05) is 103 Å². The first-order valence-corrected chi connectivity index (χ1v) is 18.8. The van der Waals surface area contributed by atoms with Crippen LogP contribution in [0.3, 0.4) is 0 Å². The molecule has 3 N–H and O–H groups in total. The molecule has 1 heterocycles. The number of rotatable bonds is 12. The third-order valence-electron chi connectivity index (χ3n) is 10.4. The zero-order valence-electron chi connectivity index (χ0n) is 27.9. The summed E-state index contributed by atoms with van der Waals surface area (Å²) in [6.07, 6.45) is 2.42. The fourth-order valence-electron chi connectivity index (χ4n) is 7.86. The Bertz CT molecular complexity index is 1800. The summed E-state index contributed by atoms with van der Waals surface area (Å²) >= 11 is 0. The van der Waals surface area contributed by atoms with Crippen LogP contribution in [-0.4, -0.2) is 45.3 Å². The second kappa shape index (κ2) is 15.1. The topological polar surface area (TPSA) is 133 Å². The van der Waals surface area contributed by atoms with Crippen molar-refractivity contribution in [2.24, 2.45) is 5.41 Å². The third-order valence-corrected chi connectivity index (χ3v) is 12.3. The maximum absolute atomic E-state index is 14.9. The van der Waals surface area contributed by atoms with Crippen molar-refractivity contribution >= 4 is 31.1 Å². The maximum atomic E-state index is 14.9. The summed E-state index contributed by atoms with van der Waals surface area (Å²) in [5, 5.41) is 1.22. The lowest BCUT2D eigenvalue weighted by Crippen LogP contribution is -2.61. The molecule has 50 heavy (non-hydrogen) atoms. The summed E-state index contributed by atoms with van der Waals surface area (Å²) < 4.78 is 19.6. The van der Waals surface area contributed by atoms with E-state index in [0.717, 1.165) is 11.1 Å². The van der Waals surface area contributed by atoms with Gasteiger partial charge in [-0.1, -0.05) is 122 Å². The van der Waals surface area contributed by atoms with Gasteiger partial charge in [-0.25, -0.2) is 0 Å². The average molecular weight is 695 g/mol. The van der Waals surface area contributed by atoms with Crippen LogP contribution in [0.4, 0.5) is 5.69 Å². The number of hydrogen-bond donors (Lipinski definition) is 3. The minimum absolute atomic E-state index is 0.0239. The Morgan fingerprint density at radius 3 is 1.88 bits per heavy atom. The Morgan fingerprint density at radius 1 is 0.800 bits per heavy atom. The number of carbonyl (C=O) groups is 3. The van der Waals surface area contributed by atoms with E-state index in [0.29, 0.717) is 36.1 Å². The van der Waals surface area contributed by atoms with Gasteiger partial charge in [-0.05, 0) is 66.8 Å². The summed E-state index contributed by atoms with van der Waals surface area (Å²) in [6, 6.07) is 33.9. The molecule has 0 unspecified atom stereocenters. The van der Waals surface area contributed by atoms with Crippen LogP contribution in [-0.2, 0) is 49.6 Å². The van der Waals surface area contributed by atoms with E-state index in [2.05, 4.69) is 5.32 Å². The zero-order chi connectivity index (χ0) is 35.2. The van der Waals surface area contributed by atoms with Gasteiger partial charge in [0.2, 0.25) is 11.8 Å². The van der Waals surface area contributed by atoms with Crippen LogP contribution in [0.25, 0.3) is 0 Å². The smallest absolute Gasteiger partial charge is 0.333 e. The number of anilines is 1. The lowest BCUT2D eigenvalue weighted by molar-refractivity contribution is -0.144. The number of para-hydroxylation sites is 1. The van der Waals surface area contributed by atoms with Gasteiger partial charge in [0.25, 0.3) is 0 Å². The maximum Gasteiger partial charge on any atom is 0.333 e. The van der Waals surface area contributed by atoms with Crippen molar-refractivity contribution in [3.63, 3.8) is 0 Å². The molecule has 1 fully saturated rings. The average Bonchev–Trinajstić information content (AvgIpc) is 3.60. The molecule has 6 rings (SSSR count). The summed E-state index contributed by atoms with van der Waals surface area (Å²) in [7, 11) is -5.01. The summed E-state index contributed by atoms with van der Waals surface area (Å²) in [5.41, 5.74) is 2.19. The third kappa shape index (κ3) is 7.31. The molecular weight excluding hydrogens is 651 g/mol. The van der Waals surface area contributed by atoms with Crippen molar-refractivity contribution in [1.82, 2.24) is 5.32 Å². The quantitative estimate of drug-likeness (QED) is 0.120. The molecule has 4 aromatic carbocycles. The summed E-state index contributed by atoms with van der Waals surface area (Å²) in [6.45, 7) is -0.298. The molecule has 0 aromatic heterocycles.